The Morgan fingerprint density at radius 3 is 2.73 bits per heavy atom. The number of nitrogens with one attached hydrogen (secondary N) is 2. The first-order valence-electron chi connectivity index (χ1n) is 11.5. The Morgan fingerprint density at radius 1 is 1.00 bits per heavy atom. The van der Waals surface area contributed by atoms with Crippen molar-refractivity contribution in [3.63, 3.8) is 0 Å². The van der Waals surface area contributed by atoms with Crippen LogP contribution in [0.15, 0.2) is 61.1 Å². The molecule has 0 aliphatic heterocycles. The number of nitrogens with zero attached hydrogens (tertiary/aromatic N) is 5. The Labute approximate surface area is 193 Å². The van der Waals surface area contributed by atoms with Crippen molar-refractivity contribution in [3.05, 3.63) is 66.6 Å². The van der Waals surface area contributed by atoms with Gasteiger partial charge in [-0.05, 0) is 43.4 Å². The zero-order chi connectivity index (χ0) is 22.9. The van der Waals surface area contributed by atoms with Crippen molar-refractivity contribution in [3.8, 4) is 11.3 Å². The topological polar surface area (TPSA) is 97.6 Å². The van der Waals surface area contributed by atoms with Crippen LogP contribution in [0.25, 0.3) is 22.4 Å². The van der Waals surface area contributed by atoms with E-state index in [9.17, 15) is 4.79 Å². The molecule has 0 unspecified atom stereocenters. The lowest BCUT2D eigenvalue weighted by Crippen LogP contribution is -2.29. The zero-order valence-corrected chi connectivity index (χ0v) is 18.9. The molecule has 170 valence electrons. The maximum Gasteiger partial charge on any atom is 0.320 e. The number of carbonyl (C=O) groups is 1. The van der Waals surface area contributed by atoms with Crippen LogP contribution in [0.5, 0.6) is 0 Å². The first kappa shape index (κ1) is 22.4. The van der Waals surface area contributed by atoms with Gasteiger partial charge in [-0.25, -0.2) is 14.8 Å². The molecule has 0 aliphatic carbocycles. The van der Waals surface area contributed by atoms with E-state index in [1.54, 1.807) is 24.5 Å². The summed E-state index contributed by atoms with van der Waals surface area (Å²) in [6.07, 6.45) is 10.6. The fraction of sp³-hybridized carbons (Fsp3) is 0.320. The van der Waals surface area contributed by atoms with E-state index in [-0.39, 0.29) is 6.03 Å². The molecule has 2 amide bonds. The molecule has 0 saturated heterocycles. The van der Waals surface area contributed by atoms with Gasteiger partial charge in [-0.15, -0.1) is 0 Å². The number of hydrogen-bond acceptors (Lipinski definition) is 5. The van der Waals surface area contributed by atoms with E-state index in [2.05, 4.69) is 49.7 Å². The predicted octanol–water partition coefficient (Wildman–Crippen LogP) is 4.83. The van der Waals surface area contributed by atoms with Crippen LogP contribution < -0.4 is 10.6 Å². The summed E-state index contributed by atoms with van der Waals surface area (Å²) in [6.45, 7) is 3.65. The summed E-state index contributed by atoms with van der Waals surface area (Å²) in [7, 11) is 0. The van der Waals surface area contributed by atoms with Gasteiger partial charge in [-0.2, -0.15) is 5.10 Å². The number of amides is 2. The number of anilines is 1. The zero-order valence-electron chi connectivity index (χ0n) is 18.9. The summed E-state index contributed by atoms with van der Waals surface area (Å²) in [4.78, 5) is 25.8. The van der Waals surface area contributed by atoms with Gasteiger partial charge in [0.05, 0.1) is 18.1 Å². The van der Waals surface area contributed by atoms with Crippen LogP contribution in [0.2, 0.25) is 0 Å². The van der Waals surface area contributed by atoms with Crippen LogP contribution in [0, 0.1) is 0 Å². The molecule has 8 heteroatoms. The van der Waals surface area contributed by atoms with Crippen LogP contribution >= 0.6 is 0 Å². The highest BCUT2D eigenvalue weighted by Gasteiger charge is 2.09. The second-order valence-electron chi connectivity index (χ2n) is 7.96. The number of carbonyl (C=O) groups excluding carboxylic acids is 1. The number of unbranched alkanes of at least 4 members (excludes halogenated alkanes) is 2. The highest BCUT2D eigenvalue weighted by Crippen LogP contribution is 2.19. The molecular weight excluding hydrogens is 414 g/mol. The van der Waals surface area contributed by atoms with Gasteiger partial charge in [0.1, 0.15) is 11.3 Å². The highest BCUT2D eigenvalue weighted by atomic mass is 16.2. The monoisotopic (exact) mass is 443 g/mol. The van der Waals surface area contributed by atoms with Gasteiger partial charge in [0.15, 0.2) is 5.65 Å². The molecule has 4 aromatic rings. The minimum absolute atomic E-state index is 0.275. The van der Waals surface area contributed by atoms with Crippen LogP contribution in [0.1, 0.15) is 38.2 Å². The van der Waals surface area contributed by atoms with Gasteiger partial charge in [-0.3, -0.25) is 15.0 Å². The van der Waals surface area contributed by atoms with E-state index in [1.807, 2.05) is 29.1 Å². The van der Waals surface area contributed by atoms with Gasteiger partial charge in [-0.1, -0.05) is 43.7 Å². The Morgan fingerprint density at radius 2 is 1.88 bits per heavy atom. The molecular formula is C25H29N7O. The summed E-state index contributed by atoms with van der Waals surface area (Å²) in [6, 6.07) is 13.6. The van der Waals surface area contributed by atoms with Crippen molar-refractivity contribution < 1.29 is 4.79 Å². The van der Waals surface area contributed by atoms with E-state index in [0.717, 1.165) is 44.2 Å². The van der Waals surface area contributed by atoms with Gasteiger partial charge in [0.2, 0.25) is 0 Å². The number of benzene rings is 1. The van der Waals surface area contributed by atoms with Crippen LogP contribution in [-0.2, 0) is 13.0 Å². The molecule has 0 atom stereocenters. The third-order valence-corrected chi connectivity index (χ3v) is 5.34. The predicted molar refractivity (Wildman–Crippen MR) is 130 cm³/mol. The molecule has 0 saturated carbocycles. The Bertz CT molecular complexity index is 1190. The fourth-order valence-electron chi connectivity index (χ4n) is 3.51. The number of rotatable bonds is 10. The summed E-state index contributed by atoms with van der Waals surface area (Å²) in [5, 5.41) is 10.1. The largest absolute Gasteiger partial charge is 0.338 e. The van der Waals surface area contributed by atoms with Crippen molar-refractivity contribution in [2.24, 2.45) is 0 Å². The molecule has 0 fully saturated rings. The third-order valence-electron chi connectivity index (χ3n) is 5.34. The number of fused-ring (bicyclic) bond motifs is 1. The number of aryl methyl sites for hydroxylation is 2. The van der Waals surface area contributed by atoms with Gasteiger partial charge in [0, 0.05) is 24.8 Å². The first-order valence-corrected chi connectivity index (χ1v) is 11.5. The lowest BCUT2D eigenvalue weighted by Gasteiger charge is -2.08. The van der Waals surface area contributed by atoms with Crippen LogP contribution in [0.3, 0.4) is 0 Å². The summed E-state index contributed by atoms with van der Waals surface area (Å²) in [5.41, 5.74) is 4.07. The molecule has 2 N–H and O–H groups in total. The van der Waals surface area contributed by atoms with Crippen LogP contribution in [0.4, 0.5) is 10.6 Å². The molecule has 0 spiro atoms. The van der Waals surface area contributed by atoms with E-state index in [1.165, 1.54) is 5.56 Å². The summed E-state index contributed by atoms with van der Waals surface area (Å²) >= 11 is 0. The molecule has 0 bridgehead atoms. The molecule has 8 nitrogen and oxygen atoms in total. The molecule has 0 radical (unpaired) electrons. The maximum absolute atomic E-state index is 12.2. The highest BCUT2D eigenvalue weighted by molar-refractivity contribution is 5.89. The molecule has 33 heavy (non-hydrogen) atoms. The molecule has 3 heterocycles. The van der Waals surface area contributed by atoms with E-state index in [4.69, 9.17) is 0 Å². The second kappa shape index (κ2) is 11.2. The minimum Gasteiger partial charge on any atom is -0.338 e. The van der Waals surface area contributed by atoms with Crippen molar-refractivity contribution >= 4 is 23.0 Å². The SMILES string of the molecule is CCCCn1cc(-c2cnc3ccc(NC(=O)NCCCCc4ccccc4)nc3n2)cn1. The van der Waals surface area contributed by atoms with E-state index >= 15 is 0 Å². The van der Waals surface area contributed by atoms with Crippen molar-refractivity contribution in [2.45, 2.75) is 45.6 Å². The normalized spacial score (nSPS) is 10.9. The van der Waals surface area contributed by atoms with Gasteiger partial charge >= 0.3 is 6.03 Å². The maximum atomic E-state index is 12.2. The third kappa shape index (κ3) is 6.35. The summed E-state index contributed by atoms with van der Waals surface area (Å²) in [5.74, 6) is 0.439. The average molecular weight is 444 g/mol. The lowest BCUT2D eigenvalue weighted by atomic mass is 10.1. The van der Waals surface area contributed by atoms with E-state index in [0.29, 0.717) is 29.2 Å². The Hall–Kier alpha value is -3.81. The molecule has 0 aliphatic rings. The van der Waals surface area contributed by atoms with E-state index < -0.39 is 0 Å². The smallest absolute Gasteiger partial charge is 0.320 e. The molecule has 3 aromatic heterocycles. The Balaban J connectivity index is 1.31. The van der Waals surface area contributed by atoms with Crippen molar-refractivity contribution in [1.29, 1.82) is 0 Å². The minimum atomic E-state index is -0.275. The summed E-state index contributed by atoms with van der Waals surface area (Å²) < 4.78 is 1.92. The number of urea groups is 1. The number of hydrogen-bond donors (Lipinski definition) is 2. The van der Waals surface area contributed by atoms with Crippen LogP contribution in [-0.4, -0.2) is 37.3 Å². The quantitative estimate of drug-likeness (QED) is 0.342. The average Bonchev–Trinajstić information content (AvgIpc) is 3.32. The van der Waals surface area contributed by atoms with Crippen molar-refractivity contribution in [1.82, 2.24) is 30.0 Å². The standard InChI is InChI=1S/C25H29N7O/c1-2-3-15-32-18-20(16-28-32)22-17-27-21-12-13-23(30-24(21)29-22)31-25(33)26-14-8-7-11-19-9-5-4-6-10-19/h4-6,9-10,12-13,16-18H,2-3,7-8,11,14-15H2,1H3,(H2,26,29,30,31,33). The van der Waals surface area contributed by atoms with Gasteiger partial charge < -0.3 is 5.32 Å². The van der Waals surface area contributed by atoms with Crippen molar-refractivity contribution in [2.75, 3.05) is 11.9 Å². The molecule has 1 aromatic carbocycles. The fourth-order valence-corrected chi connectivity index (χ4v) is 3.51. The second-order valence-corrected chi connectivity index (χ2v) is 7.96. The first-order chi connectivity index (χ1) is 16.2. The Kier molecular flexibility index (Phi) is 7.58. The molecule has 4 rings (SSSR count). The number of pyridine rings is 1. The van der Waals surface area contributed by atoms with Gasteiger partial charge in [0.25, 0.3) is 0 Å². The lowest BCUT2D eigenvalue weighted by molar-refractivity contribution is 0.252. The number of aromatic nitrogens is 5.